The average molecular weight is 285 g/mol. The van der Waals surface area contributed by atoms with Gasteiger partial charge in [0.05, 0.1) is 12.2 Å². The fraction of sp³-hybridized carbons (Fsp3) is 0.385. The molecule has 1 aromatic rings. The maximum absolute atomic E-state index is 13.3. The first-order chi connectivity index (χ1) is 9.38. The molecule has 1 aromatic carbocycles. The molecule has 3 N–H and O–H groups in total. The molecule has 5 nitrogen and oxygen atoms in total. The van der Waals surface area contributed by atoms with E-state index in [-0.39, 0.29) is 18.2 Å². The summed E-state index contributed by atoms with van der Waals surface area (Å²) in [4.78, 5) is 22.7. The van der Waals surface area contributed by atoms with E-state index in [1.54, 1.807) is 0 Å². The first-order valence-electron chi connectivity index (χ1n) is 6.15. The van der Waals surface area contributed by atoms with Crippen LogP contribution in [0.4, 0.5) is 19.3 Å². The number of rotatable bonds is 5. The van der Waals surface area contributed by atoms with E-state index in [9.17, 15) is 18.4 Å². The minimum absolute atomic E-state index is 0.136. The van der Waals surface area contributed by atoms with Gasteiger partial charge in [0.2, 0.25) is 5.91 Å². The van der Waals surface area contributed by atoms with Gasteiger partial charge in [-0.3, -0.25) is 10.1 Å². The predicted molar refractivity (Wildman–Crippen MR) is 71.2 cm³/mol. The fourth-order valence-electron chi connectivity index (χ4n) is 1.32. The zero-order valence-electron chi connectivity index (χ0n) is 11.3. The Bertz CT molecular complexity index is 493. The van der Waals surface area contributed by atoms with Crippen molar-refractivity contribution in [2.75, 3.05) is 18.4 Å². The molecule has 0 fully saturated rings. The van der Waals surface area contributed by atoms with Crippen LogP contribution in [0.15, 0.2) is 18.2 Å². The van der Waals surface area contributed by atoms with Crippen LogP contribution in [0.3, 0.4) is 0 Å². The summed E-state index contributed by atoms with van der Waals surface area (Å²) < 4.78 is 26.1. The van der Waals surface area contributed by atoms with Crippen LogP contribution >= 0.6 is 0 Å². The van der Waals surface area contributed by atoms with Gasteiger partial charge < -0.3 is 10.6 Å². The van der Waals surface area contributed by atoms with Gasteiger partial charge >= 0.3 is 6.03 Å². The predicted octanol–water partition coefficient (Wildman–Crippen LogP) is 1.86. The molecule has 20 heavy (non-hydrogen) atoms. The van der Waals surface area contributed by atoms with Gasteiger partial charge in [-0.1, -0.05) is 13.8 Å². The molecular weight excluding hydrogens is 268 g/mol. The number of benzene rings is 1. The minimum Gasteiger partial charge on any atom is -0.374 e. The van der Waals surface area contributed by atoms with Gasteiger partial charge in [-0.2, -0.15) is 0 Å². The second-order valence-electron chi connectivity index (χ2n) is 4.63. The zero-order chi connectivity index (χ0) is 15.1. The molecule has 110 valence electrons. The lowest BCUT2D eigenvalue weighted by Gasteiger charge is -2.10. The first-order valence-corrected chi connectivity index (χ1v) is 6.15. The van der Waals surface area contributed by atoms with Crippen LogP contribution in [0.25, 0.3) is 0 Å². The average Bonchev–Trinajstić information content (AvgIpc) is 2.37. The van der Waals surface area contributed by atoms with Gasteiger partial charge in [-0.15, -0.1) is 0 Å². The monoisotopic (exact) mass is 285 g/mol. The van der Waals surface area contributed by atoms with Crippen LogP contribution in [0.1, 0.15) is 13.8 Å². The number of halogens is 2. The summed E-state index contributed by atoms with van der Waals surface area (Å²) in [6, 6.07) is 2.23. The molecule has 1 rings (SSSR count). The van der Waals surface area contributed by atoms with Crippen molar-refractivity contribution in [2.24, 2.45) is 5.92 Å². The Kier molecular flexibility index (Phi) is 5.89. The van der Waals surface area contributed by atoms with Gasteiger partial charge in [0, 0.05) is 6.54 Å². The first kappa shape index (κ1) is 15.9. The largest absolute Gasteiger partial charge is 0.374 e. The smallest absolute Gasteiger partial charge is 0.321 e. The lowest BCUT2D eigenvalue weighted by molar-refractivity contribution is -0.118. The second kappa shape index (κ2) is 7.42. The summed E-state index contributed by atoms with van der Waals surface area (Å²) in [5, 5.41) is 6.99. The van der Waals surface area contributed by atoms with Crippen molar-refractivity contribution in [3.8, 4) is 0 Å². The molecule has 0 spiro atoms. The van der Waals surface area contributed by atoms with Crippen molar-refractivity contribution in [1.82, 2.24) is 10.6 Å². The summed E-state index contributed by atoms with van der Waals surface area (Å²) in [7, 11) is 0. The molecule has 0 heterocycles. The maximum Gasteiger partial charge on any atom is 0.321 e. The molecule has 0 bridgehead atoms. The molecule has 7 heteroatoms. The van der Waals surface area contributed by atoms with Crippen LogP contribution in [0.2, 0.25) is 0 Å². The molecule has 0 unspecified atom stereocenters. The number of urea groups is 1. The number of hydrogen-bond acceptors (Lipinski definition) is 3. The second-order valence-corrected chi connectivity index (χ2v) is 4.63. The molecule has 0 saturated heterocycles. The van der Waals surface area contributed by atoms with E-state index in [0.717, 1.165) is 18.2 Å². The van der Waals surface area contributed by atoms with Gasteiger partial charge in [-0.05, 0) is 24.1 Å². The summed E-state index contributed by atoms with van der Waals surface area (Å²) >= 11 is 0. The molecular formula is C13H17F2N3O2. The van der Waals surface area contributed by atoms with E-state index < -0.39 is 23.6 Å². The number of carbonyl (C=O) groups is 2. The van der Waals surface area contributed by atoms with Crippen LogP contribution in [0.5, 0.6) is 0 Å². The van der Waals surface area contributed by atoms with Crippen LogP contribution in [0, 0.1) is 17.6 Å². The highest BCUT2D eigenvalue weighted by atomic mass is 19.1. The standard InChI is InChI=1S/C13H17F2N3O2/c1-8(2)6-17-13(20)18-12(19)7-16-11-5-9(14)3-4-10(11)15/h3-5,8,16H,6-7H2,1-2H3,(H2,17,18,19,20). The van der Waals surface area contributed by atoms with Crippen molar-refractivity contribution in [3.05, 3.63) is 29.8 Å². The number of nitrogens with one attached hydrogen (secondary N) is 3. The third kappa shape index (κ3) is 5.64. The maximum atomic E-state index is 13.3. The highest BCUT2D eigenvalue weighted by molar-refractivity contribution is 5.96. The third-order valence-corrected chi connectivity index (χ3v) is 2.29. The molecule has 0 aliphatic heterocycles. The van der Waals surface area contributed by atoms with Gasteiger partial charge in [0.25, 0.3) is 0 Å². The number of hydrogen-bond donors (Lipinski definition) is 3. The molecule has 0 radical (unpaired) electrons. The highest BCUT2D eigenvalue weighted by Crippen LogP contribution is 2.14. The Morgan fingerprint density at radius 1 is 1.25 bits per heavy atom. The lowest BCUT2D eigenvalue weighted by atomic mass is 10.2. The van der Waals surface area contributed by atoms with Crippen LogP contribution in [-0.4, -0.2) is 25.0 Å². The van der Waals surface area contributed by atoms with E-state index in [1.165, 1.54) is 0 Å². The molecule has 0 aliphatic carbocycles. The molecule has 0 aromatic heterocycles. The van der Waals surface area contributed by atoms with E-state index in [2.05, 4.69) is 16.0 Å². The van der Waals surface area contributed by atoms with Crippen molar-refractivity contribution in [1.29, 1.82) is 0 Å². The van der Waals surface area contributed by atoms with E-state index in [4.69, 9.17) is 0 Å². The minimum atomic E-state index is -0.677. The quantitative estimate of drug-likeness (QED) is 0.773. The summed E-state index contributed by atoms with van der Waals surface area (Å²) in [5.41, 5.74) is -0.136. The van der Waals surface area contributed by atoms with Gasteiger partial charge in [-0.25, -0.2) is 13.6 Å². The number of carbonyl (C=O) groups excluding carboxylic acids is 2. The highest BCUT2D eigenvalue weighted by Gasteiger charge is 2.09. The zero-order valence-corrected chi connectivity index (χ0v) is 11.3. The van der Waals surface area contributed by atoms with E-state index in [0.29, 0.717) is 6.54 Å². The van der Waals surface area contributed by atoms with Crippen molar-refractivity contribution in [3.63, 3.8) is 0 Å². The van der Waals surface area contributed by atoms with Crippen molar-refractivity contribution >= 4 is 17.6 Å². The number of amides is 3. The van der Waals surface area contributed by atoms with Crippen molar-refractivity contribution in [2.45, 2.75) is 13.8 Å². The van der Waals surface area contributed by atoms with E-state index in [1.807, 2.05) is 13.8 Å². The summed E-state index contributed by atoms with van der Waals surface area (Å²) in [5.74, 6) is -1.68. The lowest BCUT2D eigenvalue weighted by Crippen LogP contribution is -2.43. The van der Waals surface area contributed by atoms with Gasteiger partial charge in [0.15, 0.2) is 0 Å². The Labute approximate surface area is 115 Å². The summed E-state index contributed by atoms with van der Waals surface area (Å²) in [6.45, 7) is 3.92. The van der Waals surface area contributed by atoms with E-state index >= 15 is 0 Å². The number of imide groups is 1. The molecule has 3 amide bonds. The Morgan fingerprint density at radius 2 is 1.95 bits per heavy atom. The molecule has 0 aliphatic rings. The van der Waals surface area contributed by atoms with Crippen LogP contribution in [-0.2, 0) is 4.79 Å². The Morgan fingerprint density at radius 3 is 2.60 bits per heavy atom. The number of anilines is 1. The molecule has 0 atom stereocenters. The molecule has 0 saturated carbocycles. The summed E-state index contributed by atoms with van der Waals surface area (Å²) in [6.07, 6.45) is 0. The Balaban J connectivity index is 2.39. The topological polar surface area (TPSA) is 70.2 Å². The SMILES string of the molecule is CC(C)CNC(=O)NC(=O)CNc1cc(F)ccc1F. The normalized spacial score (nSPS) is 10.2. The van der Waals surface area contributed by atoms with Gasteiger partial charge in [0.1, 0.15) is 11.6 Å². The van der Waals surface area contributed by atoms with Crippen molar-refractivity contribution < 1.29 is 18.4 Å². The third-order valence-electron chi connectivity index (χ3n) is 2.29. The van der Waals surface area contributed by atoms with Crippen LogP contribution < -0.4 is 16.0 Å². The fourth-order valence-corrected chi connectivity index (χ4v) is 1.32. The Hall–Kier alpha value is -2.18.